The van der Waals surface area contributed by atoms with Crippen LogP contribution in [-0.4, -0.2) is 51.2 Å². The third kappa shape index (κ3) is 5.42. The minimum Gasteiger partial charge on any atom is -0.493 e. The third-order valence-electron chi connectivity index (χ3n) is 12.5. The number of anilines is 2. The van der Waals surface area contributed by atoms with Crippen LogP contribution >= 0.6 is 15.9 Å². The molecule has 0 unspecified atom stereocenters. The van der Waals surface area contributed by atoms with Gasteiger partial charge in [0.15, 0.2) is 11.6 Å². The summed E-state index contributed by atoms with van der Waals surface area (Å²) in [5.74, 6) is 2.30. The van der Waals surface area contributed by atoms with Crippen molar-refractivity contribution in [2.24, 2.45) is 11.8 Å². The lowest BCUT2D eigenvalue weighted by Gasteiger charge is -2.49. The molecular formula is C37H51BrN2O6. The van der Waals surface area contributed by atoms with Crippen molar-refractivity contribution in [2.45, 2.75) is 107 Å². The quantitative estimate of drug-likeness (QED) is 0.310. The molecular weight excluding hydrogens is 648 g/mol. The smallest absolute Gasteiger partial charge is 0.168 e. The molecule has 9 heteroatoms. The van der Waals surface area contributed by atoms with Crippen molar-refractivity contribution in [2.75, 3.05) is 51.1 Å². The van der Waals surface area contributed by atoms with Crippen molar-refractivity contribution in [1.29, 1.82) is 0 Å². The van der Waals surface area contributed by atoms with E-state index in [1.807, 2.05) is 12.1 Å². The maximum atomic E-state index is 6.12. The number of aryl methyl sites for hydroxylation is 1. The number of hydrogen-bond donors (Lipinski definition) is 2. The van der Waals surface area contributed by atoms with E-state index < -0.39 is 0 Å². The van der Waals surface area contributed by atoms with Gasteiger partial charge in [0, 0.05) is 75.6 Å². The van der Waals surface area contributed by atoms with Crippen LogP contribution in [0.2, 0.25) is 0 Å². The summed E-state index contributed by atoms with van der Waals surface area (Å²) in [6.07, 6.45) is 10.3. The van der Waals surface area contributed by atoms with E-state index in [4.69, 9.17) is 39.9 Å². The molecule has 0 amide bonds. The average Bonchev–Trinajstić information content (AvgIpc) is 3.64. The molecule has 8 rings (SSSR count). The van der Waals surface area contributed by atoms with Crippen molar-refractivity contribution < 1.29 is 28.4 Å². The zero-order valence-electron chi connectivity index (χ0n) is 27.8. The van der Waals surface area contributed by atoms with Gasteiger partial charge in [-0.1, -0.05) is 13.8 Å². The highest BCUT2D eigenvalue weighted by Gasteiger charge is 2.55. The van der Waals surface area contributed by atoms with Crippen LogP contribution < -0.4 is 20.9 Å². The molecule has 6 aliphatic rings. The number of rotatable bonds is 2. The predicted octanol–water partition coefficient (Wildman–Crippen LogP) is 7.56. The number of fused-ring (bicyclic) bond motifs is 6. The van der Waals surface area contributed by atoms with Crippen LogP contribution in [0.3, 0.4) is 0 Å². The summed E-state index contributed by atoms with van der Waals surface area (Å²) in [4.78, 5) is 0. The molecule has 4 aliphatic heterocycles. The van der Waals surface area contributed by atoms with Crippen LogP contribution in [0.1, 0.15) is 94.7 Å². The summed E-state index contributed by atoms with van der Waals surface area (Å²) >= 11 is 3.60. The molecule has 8 nitrogen and oxygen atoms in total. The average molecular weight is 700 g/mol. The molecule has 0 radical (unpaired) electrons. The summed E-state index contributed by atoms with van der Waals surface area (Å²) in [5.41, 5.74) is 17.8. The van der Waals surface area contributed by atoms with Gasteiger partial charge in [-0.05, 0) is 90.9 Å². The molecule has 0 bridgehead atoms. The Balaban J connectivity index is 0.000000147. The van der Waals surface area contributed by atoms with Gasteiger partial charge in [0.2, 0.25) is 0 Å². The minimum absolute atomic E-state index is 0.128. The number of nitrogens with two attached hydrogens (primary N) is 2. The first-order valence-corrected chi connectivity index (χ1v) is 18.3. The Bertz CT molecular complexity index is 1330. The molecule has 4 heterocycles. The van der Waals surface area contributed by atoms with Crippen LogP contribution in [0, 0.1) is 18.8 Å². The zero-order chi connectivity index (χ0) is 32.2. The third-order valence-corrected chi connectivity index (χ3v) is 13.1. The summed E-state index contributed by atoms with van der Waals surface area (Å²) in [6.45, 7) is 11.1. The van der Waals surface area contributed by atoms with E-state index in [1.165, 1.54) is 11.1 Å². The fourth-order valence-electron chi connectivity index (χ4n) is 9.79. The Labute approximate surface area is 282 Å². The second kappa shape index (κ2) is 12.4. The summed E-state index contributed by atoms with van der Waals surface area (Å²) < 4.78 is 37.1. The maximum Gasteiger partial charge on any atom is 0.168 e. The van der Waals surface area contributed by atoms with Gasteiger partial charge in [0.25, 0.3) is 0 Å². The van der Waals surface area contributed by atoms with Gasteiger partial charge in [0.05, 0.1) is 39.6 Å². The standard InChI is InChI=1S/C19H27NO3.C18H24BrNO3/c1-3-18-5-6-19(22-8-9-23-19)12-14(18)4-7-21-17-11-16(20)13(2)10-15(17)18;1-2-17-4-5-18(22-7-8-23-18)11-12(17)3-6-21-16-10-15(20)14(19)9-13(16)17/h10-11,14H,3-9,12,20H2,1-2H3;9-10,12H,2-8,11,20H2,1H3/t14-,18+;12-,17+/m00/s1. The van der Waals surface area contributed by atoms with E-state index in [2.05, 4.69) is 48.8 Å². The van der Waals surface area contributed by atoms with Gasteiger partial charge in [-0.15, -0.1) is 0 Å². The topological polar surface area (TPSA) is 107 Å². The van der Waals surface area contributed by atoms with E-state index in [9.17, 15) is 0 Å². The molecule has 4 atom stereocenters. The number of hydrogen-bond acceptors (Lipinski definition) is 8. The van der Waals surface area contributed by atoms with Gasteiger partial charge >= 0.3 is 0 Å². The molecule has 2 saturated heterocycles. The molecule has 2 aromatic rings. The normalized spacial score (nSPS) is 32.0. The van der Waals surface area contributed by atoms with Crippen molar-refractivity contribution in [3.63, 3.8) is 0 Å². The van der Waals surface area contributed by atoms with Gasteiger partial charge in [-0.25, -0.2) is 0 Å². The van der Waals surface area contributed by atoms with Crippen molar-refractivity contribution in [3.05, 3.63) is 45.4 Å². The van der Waals surface area contributed by atoms with E-state index >= 15 is 0 Å². The molecule has 46 heavy (non-hydrogen) atoms. The fourth-order valence-corrected chi connectivity index (χ4v) is 10.1. The second-order valence-electron chi connectivity index (χ2n) is 14.4. The number of halogens is 1. The van der Waals surface area contributed by atoms with Gasteiger partial charge in [-0.3, -0.25) is 0 Å². The minimum atomic E-state index is -0.348. The van der Waals surface area contributed by atoms with E-state index in [0.29, 0.717) is 11.8 Å². The summed E-state index contributed by atoms with van der Waals surface area (Å²) in [5, 5.41) is 0. The van der Waals surface area contributed by atoms with Gasteiger partial charge in [0.1, 0.15) is 11.5 Å². The predicted molar refractivity (Wildman–Crippen MR) is 182 cm³/mol. The van der Waals surface area contributed by atoms with Crippen molar-refractivity contribution >= 4 is 27.3 Å². The lowest BCUT2D eigenvalue weighted by Crippen LogP contribution is -2.48. The fraction of sp³-hybridized carbons (Fsp3) is 0.676. The highest BCUT2D eigenvalue weighted by Crippen LogP contribution is 2.58. The Morgan fingerprint density at radius 2 is 1.11 bits per heavy atom. The van der Waals surface area contributed by atoms with E-state index in [-0.39, 0.29) is 22.4 Å². The Hall–Kier alpha value is -2.04. The van der Waals surface area contributed by atoms with E-state index in [0.717, 1.165) is 137 Å². The molecule has 2 saturated carbocycles. The van der Waals surface area contributed by atoms with Crippen LogP contribution in [-0.2, 0) is 29.8 Å². The molecule has 252 valence electrons. The largest absolute Gasteiger partial charge is 0.493 e. The lowest BCUT2D eigenvalue weighted by molar-refractivity contribution is -0.199. The summed E-state index contributed by atoms with van der Waals surface area (Å²) in [6, 6.07) is 8.45. The number of ether oxygens (including phenoxy) is 6. The second-order valence-corrected chi connectivity index (χ2v) is 15.2. The lowest BCUT2D eigenvalue weighted by atomic mass is 9.59. The zero-order valence-corrected chi connectivity index (χ0v) is 29.3. The monoisotopic (exact) mass is 698 g/mol. The van der Waals surface area contributed by atoms with E-state index in [1.54, 1.807) is 0 Å². The maximum absolute atomic E-state index is 6.12. The first-order valence-electron chi connectivity index (χ1n) is 17.5. The Morgan fingerprint density at radius 1 is 0.652 bits per heavy atom. The van der Waals surface area contributed by atoms with Crippen LogP contribution in [0.5, 0.6) is 11.5 Å². The van der Waals surface area contributed by atoms with Gasteiger partial charge in [-0.2, -0.15) is 0 Å². The van der Waals surface area contributed by atoms with Crippen LogP contribution in [0.4, 0.5) is 11.4 Å². The highest BCUT2D eigenvalue weighted by molar-refractivity contribution is 9.10. The number of benzene rings is 2. The Kier molecular flexibility index (Phi) is 8.79. The molecule has 4 N–H and O–H groups in total. The number of nitrogen functional groups attached to an aromatic ring is 2. The Morgan fingerprint density at radius 3 is 1.59 bits per heavy atom. The SMILES string of the molecule is CC[C@@]12CCC3(C[C@@H]1CCOc1cc(N)c(Br)cc12)OCCO3.CC[C@@]12CCC3(C[C@@H]1CCOc1cc(N)c(C)cc12)OCCO3. The summed E-state index contributed by atoms with van der Waals surface area (Å²) in [7, 11) is 0. The molecule has 0 aromatic heterocycles. The molecule has 4 fully saturated rings. The van der Waals surface area contributed by atoms with Crippen molar-refractivity contribution in [1.82, 2.24) is 0 Å². The molecule has 2 spiro atoms. The first kappa shape index (κ1) is 32.5. The van der Waals surface area contributed by atoms with Crippen LogP contribution in [0.25, 0.3) is 0 Å². The van der Waals surface area contributed by atoms with Gasteiger partial charge < -0.3 is 39.9 Å². The van der Waals surface area contributed by atoms with Crippen LogP contribution in [0.15, 0.2) is 28.7 Å². The molecule has 2 aliphatic carbocycles. The highest BCUT2D eigenvalue weighted by atomic mass is 79.9. The first-order chi connectivity index (χ1) is 22.2. The molecule has 2 aromatic carbocycles. The van der Waals surface area contributed by atoms with Crippen molar-refractivity contribution in [3.8, 4) is 11.5 Å².